The Morgan fingerprint density at radius 2 is 2.29 bits per heavy atom. The van der Waals surface area contributed by atoms with Crippen molar-refractivity contribution in [1.82, 2.24) is 9.78 Å². The molecule has 0 radical (unpaired) electrons. The number of carbonyl (C=O) groups is 1. The van der Waals surface area contributed by atoms with Crippen LogP contribution < -0.4 is 0 Å². The van der Waals surface area contributed by atoms with Crippen LogP contribution in [0.3, 0.4) is 0 Å². The van der Waals surface area contributed by atoms with Crippen LogP contribution in [0.15, 0.2) is 6.20 Å². The number of hydrogen-bond acceptors (Lipinski definition) is 2. The minimum absolute atomic E-state index is 0.155. The molecule has 0 atom stereocenters. The number of rotatable bonds is 4. The number of nitrogens with zero attached hydrogens (tertiary/aromatic N) is 2. The van der Waals surface area contributed by atoms with Gasteiger partial charge in [0.25, 0.3) is 0 Å². The number of hydrogen-bond donors (Lipinski definition) is 0. The Kier molecular flexibility index (Phi) is 3.69. The molecule has 0 saturated carbocycles. The number of ketones is 1. The number of halogens is 1. The number of aryl methyl sites for hydroxylation is 1. The predicted molar refractivity (Wildman–Crippen MR) is 56.6 cm³/mol. The third-order valence-corrected chi connectivity index (χ3v) is 2.51. The summed E-state index contributed by atoms with van der Waals surface area (Å²) in [6.07, 6.45) is 2.26. The van der Waals surface area contributed by atoms with Crippen LogP contribution in [0.25, 0.3) is 0 Å². The van der Waals surface area contributed by atoms with Gasteiger partial charge in [-0.2, -0.15) is 5.10 Å². The fourth-order valence-electron chi connectivity index (χ4n) is 1.19. The molecule has 3 nitrogen and oxygen atoms in total. The van der Waals surface area contributed by atoms with E-state index in [1.165, 1.54) is 0 Å². The van der Waals surface area contributed by atoms with E-state index >= 15 is 0 Å². The van der Waals surface area contributed by atoms with Gasteiger partial charge in [-0.25, -0.2) is 0 Å². The van der Waals surface area contributed by atoms with Crippen molar-refractivity contribution in [3.63, 3.8) is 0 Å². The molecule has 0 saturated heterocycles. The van der Waals surface area contributed by atoms with Crippen LogP contribution in [-0.2, 0) is 11.3 Å². The molecule has 0 amide bonds. The molecule has 0 aliphatic carbocycles. The second-order valence-corrected chi connectivity index (χ2v) is 4.08. The fraction of sp³-hybridized carbons (Fsp3) is 0.600. The molecule has 0 spiro atoms. The second kappa shape index (κ2) is 4.60. The van der Waals surface area contributed by atoms with Crippen LogP contribution in [0, 0.1) is 0 Å². The quantitative estimate of drug-likeness (QED) is 0.773. The first-order valence-corrected chi connectivity index (χ1v) is 5.10. The van der Waals surface area contributed by atoms with Gasteiger partial charge in [-0.1, -0.05) is 25.4 Å². The van der Waals surface area contributed by atoms with Gasteiger partial charge >= 0.3 is 0 Å². The zero-order chi connectivity index (χ0) is 10.7. The lowest BCUT2D eigenvalue weighted by Crippen LogP contribution is -2.04. The average Bonchev–Trinajstić information content (AvgIpc) is 2.43. The molecule has 0 aliphatic heterocycles. The maximum atomic E-state index is 10.8. The number of carbonyl (C=O) groups excluding carboxylic acids is 1. The van der Waals surface area contributed by atoms with Crippen LogP contribution in [-0.4, -0.2) is 15.6 Å². The molecule has 1 heterocycles. The summed E-state index contributed by atoms with van der Waals surface area (Å²) in [7, 11) is 0. The Bertz CT molecular complexity index is 331. The van der Waals surface area contributed by atoms with E-state index in [-0.39, 0.29) is 5.78 Å². The summed E-state index contributed by atoms with van der Waals surface area (Å²) in [6.45, 7) is 6.28. The number of Topliss-reactive ketones (excluding diaryl/α,β-unsaturated/α-hetero) is 1. The fourth-order valence-corrected chi connectivity index (χ4v) is 1.59. The molecular formula is C10H15ClN2O. The van der Waals surface area contributed by atoms with Crippen LogP contribution >= 0.6 is 11.6 Å². The molecule has 0 aromatic carbocycles. The molecule has 1 rings (SSSR count). The Morgan fingerprint density at radius 3 is 2.71 bits per heavy atom. The summed E-state index contributed by atoms with van der Waals surface area (Å²) >= 11 is 6.09. The van der Waals surface area contributed by atoms with Gasteiger partial charge in [0.15, 0.2) is 0 Å². The topological polar surface area (TPSA) is 34.9 Å². The third kappa shape index (κ3) is 2.58. The molecule has 0 bridgehead atoms. The van der Waals surface area contributed by atoms with Gasteiger partial charge in [0.2, 0.25) is 0 Å². The molecule has 4 heteroatoms. The van der Waals surface area contributed by atoms with Crippen molar-refractivity contribution in [3.05, 3.63) is 16.9 Å². The zero-order valence-electron chi connectivity index (χ0n) is 8.75. The Balaban J connectivity index is 2.74. The monoisotopic (exact) mass is 214 g/mol. The summed E-state index contributed by atoms with van der Waals surface area (Å²) in [5, 5.41) is 4.80. The van der Waals surface area contributed by atoms with Gasteiger partial charge in [0.05, 0.1) is 6.20 Å². The summed E-state index contributed by atoms with van der Waals surface area (Å²) in [4.78, 5) is 10.8. The van der Waals surface area contributed by atoms with E-state index in [0.717, 1.165) is 5.56 Å². The SMILES string of the molecule is CC(=O)CCn1ncc(C(C)C)c1Cl. The standard InChI is InChI=1S/C10H15ClN2O/c1-7(2)9-6-12-13(10(9)11)5-4-8(3)14/h6-7H,4-5H2,1-3H3. The highest BCUT2D eigenvalue weighted by molar-refractivity contribution is 6.30. The maximum Gasteiger partial charge on any atom is 0.131 e. The van der Waals surface area contributed by atoms with E-state index < -0.39 is 0 Å². The highest BCUT2D eigenvalue weighted by atomic mass is 35.5. The van der Waals surface area contributed by atoms with Crippen molar-refractivity contribution in [2.75, 3.05) is 0 Å². The van der Waals surface area contributed by atoms with Crippen molar-refractivity contribution >= 4 is 17.4 Å². The van der Waals surface area contributed by atoms with E-state index in [4.69, 9.17) is 11.6 Å². The normalized spacial score (nSPS) is 10.9. The second-order valence-electron chi connectivity index (χ2n) is 3.72. The van der Waals surface area contributed by atoms with E-state index in [9.17, 15) is 4.79 Å². The van der Waals surface area contributed by atoms with Gasteiger partial charge in [0, 0.05) is 18.5 Å². The summed E-state index contributed by atoms with van der Waals surface area (Å²) in [5.41, 5.74) is 1.04. The first-order chi connectivity index (χ1) is 6.52. The largest absolute Gasteiger partial charge is 0.300 e. The Hall–Kier alpha value is -0.830. The lowest BCUT2D eigenvalue weighted by Gasteiger charge is -2.03. The Morgan fingerprint density at radius 1 is 1.64 bits per heavy atom. The van der Waals surface area contributed by atoms with E-state index in [0.29, 0.717) is 24.0 Å². The molecule has 0 aliphatic rings. The predicted octanol–water partition coefficient (Wildman–Crippen LogP) is 2.64. The van der Waals surface area contributed by atoms with E-state index in [1.54, 1.807) is 17.8 Å². The van der Waals surface area contributed by atoms with Gasteiger partial charge in [-0.15, -0.1) is 0 Å². The minimum Gasteiger partial charge on any atom is -0.300 e. The van der Waals surface area contributed by atoms with E-state index in [2.05, 4.69) is 18.9 Å². The van der Waals surface area contributed by atoms with Crippen molar-refractivity contribution in [1.29, 1.82) is 0 Å². The van der Waals surface area contributed by atoms with Crippen molar-refractivity contribution in [3.8, 4) is 0 Å². The first-order valence-electron chi connectivity index (χ1n) is 4.73. The summed E-state index contributed by atoms with van der Waals surface area (Å²) in [6, 6.07) is 0. The van der Waals surface area contributed by atoms with Crippen LogP contribution in [0.2, 0.25) is 5.15 Å². The minimum atomic E-state index is 0.155. The van der Waals surface area contributed by atoms with Crippen LogP contribution in [0.1, 0.15) is 38.7 Å². The summed E-state index contributed by atoms with van der Waals surface area (Å²) in [5.74, 6) is 0.524. The molecule has 0 N–H and O–H groups in total. The van der Waals surface area contributed by atoms with Crippen molar-refractivity contribution in [2.45, 2.75) is 39.7 Å². The van der Waals surface area contributed by atoms with E-state index in [1.807, 2.05) is 0 Å². The molecule has 1 aromatic rings. The molecule has 1 aromatic heterocycles. The average molecular weight is 215 g/mol. The van der Waals surface area contributed by atoms with Crippen LogP contribution in [0.5, 0.6) is 0 Å². The van der Waals surface area contributed by atoms with Gasteiger partial charge in [-0.3, -0.25) is 9.48 Å². The molecule has 0 fully saturated rings. The lowest BCUT2D eigenvalue weighted by atomic mass is 10.1. The third-order valence-electron chi connectivity index (χ3n) is 2.10. The smallest absolute Gasteiger partial charge is 0.131 e. The highest BCUT2D eigenvalue weighted by Crippen LogP contribution is 2.23. The number of aromatic nitrogens is 2. The van der Waals surface area contributed by atoms with Gasteiger partial charge in [0.1, 0.15) is 10.9 Å². The lowest BCUT2D eigenvalue weighted by molar-refractivity contribution is -0.117. The maximum absolute atomic E-state index is 10.8. The molecule has 78 valence electrons. The molecule has 0 unspecified atom stereocenters. The van der Waals surface area contributed by atoms with Crippen molar-refractivity contribution < 1.29 is 4.79 Å². The zero-order valence-corrected chi connectivity index (χ0v) is 9.51. The first kappa shape index (κ1) is 11.2. The Labute approximate surface area is 89.1 Å². The highest BCUT2D eigenvalue weighted by Gasteiger charge is 2.11. The van der Waals surface area contributed by atoms with Crippen molar-refractivity contribution in [2.24, 2.45) is 0 Å². The molecular weight excluding hydrogens is 200 g/mol. The van der Waals surface area contributed by atoms with Crippen LogP contribution in [0.4, 0.5) is 0 Å². The molecule has 14 heavy (non-hydrogen) atoms. The van der Waals surface area contributed by atoms with Gasteiger partial charge in [-0.05, 0) is 12.8 Å². The summed E-state index contributed by atoms with van der Waals surface area (Å²) < 4.78 is 1.68. The van der Waals surface area contributed by atoms with Gasteiger partial charge < -0.3 is 0 Å².